The van der Waals surface area contributed by atoms with Gasteiger partial charge in [-0.3, -0.25) is 4.90 Å². The van der Waals surface area contributed by atoms with Gasteiger partial charge in [0.1, 0.15) is 5.75 Å². The number of hydrogen-bond donors (Lipinski definition) is 0. The summed E-state index contributed by atoms with van der Waals surface area (Å²) in [6.45, 7) is 5.70. The van der Waals surface area contributed by atoms with Crippen LogP contribution in [0.15, 0.2) is 84.8 Å². The molecular weight excluding hydrogens is 286 g/mol. The molecule has 1 aliphatic rings. The smallest absolute Gasteiger partial charge is 0.410 e. The number of para-hydroxylation sites is 2. The minimum absolute atomic E-state index is 0.0736. The van der Waals surface area contributed by atoms with E-state index < -0.39 is 6.09 Å². The Hall–Kier alpha value is -3.03. The lowest BCUT2D eigenvalue weighted by atomic mass is 9.89. The predicted molar refractivity (Wildman–Crippen MR) is 91.6 cm³/mol. The number of rotatable bonds is 2. The summed E-state index contributed by atoms with van der Waals surface area (Å²) in [6.07, 6.45) is 3.28. The van der Waals surface area contributed by atoms with Crippen LogP contribution in [0.3, 0.4) is 0 Å². The first kappa shape index (κ1) is 14.9. The van der Waals surface area contributed by atoms with E-state index in [1.807, 2.05) is 55.5 Å². The second kappa shape index (κ2) is 6.39. The lowest BCUT2D eigenvalue weighted by Gasteiger charge is -2.28. The number of allylic oxidation sites excluding steroid dienone is 2. The molecule has 0 spiro atoms. The maximum Gasteiger partial charge on any atom is 0.423 e. The van der Waals surface area contributed by atoms with Gasteiger partial charge in [-0.2, -0.15) is 0 Å². The number of fused-ring (bicyclic) bond motifs is 1. The van der Waals surface area contributed by atoms with Crippen LogP contribution in [0.5, 0.6) is 5.75 Å². The minimum atomic E-state index is -0.432. The van der Waals surface area contributed by atoms with Gasteiger partial charge < -0.3 is 4.74 Å². The van der Waals surface area contributed by atoms with Crippen molar-refractivity contribution < 1.29 is 9.53 Å². The first-order valence-corrected chi connectivity index (χ1v) is 7.40. The van der Waals surface area contributed by atoms with Gasteiger partial charge in [-0.05, 0) is 36.3 Å². The standard InChI is InChI=1S/C20H17NO2/c1-3-15(2)17-13-14-21(19-12-8-7-11-18(17)19)20(22)23-16-9-5-4-6-10-16/h4-14,17H,1H2,2H3. The van der Waals surface area contributed by atoms with Crippen molar-refractivity contribution >= 4 is 11.8 Å². The molecule has 1 aliphatic heterocycles. The molecule has 0 aliphatic carbocycles. The van der Waals surface area contributed by atoms with Crippen molar-refractivity contribution in [2.45, 2.75) is 12.8 Å². The van der Waals surface area contributed by atoms with Crippen LogP contribution in [-0.4, -0.2) is 6.09 Å². The lowest BCUT2D eigenvalue weighted by Crippen LogP contribution is -2.31. The number of carbonyl (C=O) groups excluding carboxylic acids is 1. The molecule has 114 valence electrons. The Balaban J connectivity index is 1.93. The number of benzene rings is 2. The molecule has 3 nitrogen and oxygen atoms in total. The van der Waals surface area contributed by atoms with Crippen LogP contribution in [0.1, 0.15) is 18.4 Å². The van der Waals surface area contributed by atoms with E-state index in [4.69, 9.17) is 4.74 Å². The fraction of sp³-hybridized carbons (Fsp3) is 0.100. The van der Waals surface area contributed by atoms with Gasteiger partial charge in [0.05, 0.1) is 5.69 Å². The minimum Gasteiger partial charge on any atom is -0.410 e. The van der Waals surface area contributed by atoms with Crippen molar-refractivity contribution in [3.8, 4) is 5.75 Å². The summed E-state index contributed by atoms with van der Waals surface area (Å²) in [4.78, 5) is 14.0. The molecule has 0 radical (unpaired) electrons. The molecule has 1 amide bonds. The molecule has 1 heterocycles. The molecule has 0 fully saturated rings. The molecule has 0 N–H and O–H groups in total. The van der Waals surface area contributed by atoms with E-state index in [0.717, 1.165) is 16.8 Å². The zero-order valence-corrected chi connectivity index (χ0v) is 12.9. The Bertz CT molecular complexity index is 801. The van der Waals surface area contributed by atoms with Crippen molar-refractivity contribution in [3.05, 3.63) is 90.3 Å². The second-order valence-corrected chi connectivity index (χ2v) is 5.29. The molecule has 2 aromatic carbocycles. The van der Waals surface area contributed by atoms with Crippen LogP contribution in [-0.2, 0) is 0 Å². The van der Waals surface area contributed by atoms with E-state index in [0.29, 0.717) is 5.75 Å². The van der Waals surface area contributed by atoms with Gasteiger partial charge in [-0.25, -0.2) is 4.79 Å². The maximum atomic E-state index is 12.5. The van der Waals surface area contributed by atoms with E-state index in [-0.39, 0.29) is 5.92 Å². The monoisotopic (exact) mass is 303 g/mol. The van der Waals surface area contributed by atoms with Crippen molar-refractivity contribution in [2.75, 3.05) is 4.90 Å². The second-order valence-electron chi connectivity index (χ2n) is 5.29. The van der Waals surface area contributed by atoms with Crippen LogP contribution in [0.2, 0.25) is 0 Å². The summed E-state index contributed by atoms with van der Waals surface area (Å²) < 4.78 is 5.43. The molecule has 2 aromatic rings. The molecule has 3 heteroatoms. The third kappa shape index (κ3) is 2.96. The Morgan fingerprint density at radius 1 is 1.13 bits per heavy atom. The first-order valence-electron chi connectivity index (χ1n) is 7.40. The Kier molecular flexibility index (Phi) is 4.13. The normalized spacial score (nSPS) is 15.5. The number of anilines is 1. The molecule has 0 aromatic heterocycles. The summed E-state index contributed by atoms with van der Waals surface area (Å²) in [5, 5.41) is 0. The number of ether oxygens (including phenoxy) is 1. The van der Waals surface area contributed by atoms with Crippen molar-refractivity contribution in [1.82, 2.24) is 0 Å². The van der Waals surface area contributed by atoms with E-state index in [1.165, 1.54) is 4.90 Å². The third-order valence-corrected chi connectivity index (χ3v) is 3.85. The fourth-order valence-electron chi connectivity index (χ4n) is 2.61. The van der Waals surface area contributed by atoms with E-state index >= 15 is 0 Å². The Labute approximate surface area is 135 Å². The third-order valence-electron chi connectivity index (χ3n) is 3.85. The van der Waals surface area contributed by atoms with Crippen LogP contribution in [0.4, 0.5) is 10.5 Å². The molecule has 3 rings (SSSR count). The number of hydrogen-bond acceptors (Lipinski definition) is 2. The molecule has 1 atom stereocenters. The average molecular weight is 303 g/mol. The van der Waals surface area contributed by atoms with Gasteiger partial charge in [0.15, 0.2) is 0 Å². The lowest BCUT2D eigenvalue weighted by molar-refractivity contribution is 0.210. The number of amides is 1. The summed E-state index contributed by atoms with van der Waals surface area (Å²) in [6, 6.07) is 16.8. The fourth-order valence-corrected chi connectivity index (χ4v) is 2.61. The van der Waals surface area contributed by atoms with Gasteiger partial charge in [0, 0.05) is 12.1 Å². The highest BCUT2D eigenvalue weighted by Crippen LogP contribution is 2.37. The highest BCUT2D eigenvalue weighted by molar-refractivity contribution is 5.93. The topological polar surface area (TPSA) is 29.5 Å². The largest absolute Gasteiger partial charge is 0.423 e. The molecule has 23 heavy (non-hydrogen) atoms. The SMILES string of the molecule is C=C=C(C)C1C=CN(C(=O)Oc2ccccc2)c2ccccc21. The number of carbonyl (C=O) groups is 1. The zero-order valence-electron chi connectivity index (χ0n) is 12.9. The highest BCUT2D eigenvalue weighted by atomic mass is 16.6. The summed E-state index contributed by atoms with van der Waals surface area (Å²) in [7, 11) is 0. The molecule has 1 unspecified atom stereocenters. The maximum absolute atomic E-state index is 12.5. The van der Waals surface area contributed by atoms with Crippen molar-refractivity contribution in [2.24, 2.45) is 0 Å². The molecule has 0 saturated heterocycles. The number of nitrogens with zero attached hydrogens (tertiary/aromatic N) is 1. The zero-order chi connectivity index (χ0) is 16.2. The predicted octanol–water partition coefficient (Wildman–Crippen LogP) is 5.03. The summed E-state index contributed by atoms with van der Waals surface area (Å²) >= 11 is 0. The van der Waals surface area contributed by atoms with E-state index in [1.54, 1.807) is 18.3 Å². The van der Waals surface area contributed by atoms with E-state index in [9.17, 15) is 4.79 Å². The van der Waals surface area contributed by atoms with Crippen LogP contribution < -0.4 is 9.64 Å². The van der Waals surface area contributed by atoms with Crippen LogP contribution in [0, 0.1) is 0 Å². The molecule has 0 bridgehead atoms. The van der Waals surface area contributed by atoms with Gasteiger partial charge >= 0.3 is 6.09 Å². The summed E-state index contributed by atoms with van der Waals surface area (Å²) in [5.74, 6) is 0.595. The molecule has 0 saturated carbocycles. The highest BCUT2D eigenvalue weighted by Gasteiger charge is 2.26. The van der Waals surface area contributed by atoms with Gasteiger partial charge in [0.2, 0.25) is 0 Å². The summed E-state index contributed by atoms with van der Waals surface area (Å²) in [5.41, 5.74) is 5.81. The quantitative estimate of drug-likeness (QED) is 0.728. The first-order chi connectivity index (χ1) is 11.2. The van der Waals surface area contributed by atoms with Gasteiger partial charge in [-0.15, -0.1) is 5.73 Å². The van der Waals surface area contributed by atoms with Crippen LogP contribution in [0.25, 0.3) is 0 Å². The van der Waals surface area contributed by atoms with E-state index in [2.05, 4.69) is 12.3 Å². The Morgan fingerprint density at radius 2 is 1.83 bits per heavy atom. The van der Waals surface area contributed by atoms with Crippen LogP contribution >= 0.6 is 0 Å². The van der Waals surface area contributed by atoms with Gasteiger partial charge in [0.25, 0.3) is 0 Å². The van der Waals surface area contributed by atoms with Crippen molar-refractivity contribution in [1.29, 1.82) is 0 Å². The average Bonchev–Trinajstić information content (AvgIpc) is 2.61. The Morgan fingerprint density at radius 3 is 2.57 bits per heavy atom. The van der Waals surface area contributed by atoms with Gasteiger partial charge in [-0.1, -0.05) is 49.1 Å². The van der Waals surface area contributed by atoms with Crippen molar-refractivity contribution in [3.63, 3.8) is 0 Å². The molecular formula is C20H17NO2.